The predicted octanol–water partition coefficient (Wildman–Crippen LogP) is 3.61. The van der Waals surface area contributed by atoms with Crippen molar-refractivity contribution in [1.82, 2.24) is 20.2 Å². The molecular weight excluding hydrogens is 342 g/mol. The molecule has 3 heterocycles. The van der Waals surface area contributed by atoms with E-state index in [1.54, 1.807) is 6.33 Å². The normalized spacial score (nSPS) is 18.2. The molecule has 2 aromatic heterocycles. The van der Waals surface area contributed by atoms with Gasteiger partial charge in [-0.25, -0.2) is 9.97 Å². The van der Waals surface area contributed by atoms with Crippen LogP contribution in [-0.4, -0.2) is 26.7 Å². The molecular formula is C16H14BrN5. The third-order valence-corrected chi connectivity index (χ3v) is 5.40. The number of hydrogen-bond acceptors (Lipinski definition) is 4. The molecule has 2 aliphatic rings. The van der Waals surface area contributed by atoms with E-state index in [4.69, 9.17) is 0 Å². The predicted molar refractivity (Wildman–Crippen MR) is 88.5 cm³/mol. The molecule has 1 aromatic carbocycles. The van der Waals surface area contributed by atoms with Gasteiger partial charge in [0.2, 0.25) is 0 Å². The third-order valence-electron chi connectivity index (χ3n) is 4.90. The number of anilines is 2. The Labute approximate surface area is 135 Å². The number of hydrogen-bond donors (Lipinski definition) is 1. The zero-order chi connectivity index (χ0) is 14.9. The quantitative estimate of drug-likeness (QED) is 0.724. The third kappa shape index (κ3) is 1.56. The summed E-state index contributed by atoms with van der Waals surface area (Å²) in [4.78, 5) is 11.2. The van der Waals surface area contributed by atoms with Crippen LogP contribution >= 0.6 is 15.9 Å². The monoisotopic (exact) mass is 355 g/mol. The van der Waals surface area contributed by atoms with Crippen molar-refractivity contribution in [3.05, 3.63) is 40.3 Å². The summed E-state index contributed by atoms with van der Waals surface area (Å²) in [7, 11) is 0. The van der Waals surface area contributed by atoms with E-state index in [2.05, 4.69) is 59.2 Å². The number of aryl methyl sites for hydroxylation is 1. The summed E-state index contributed by atoms with van der Waals surface area (Å²) in [5.74, 6) is 0.958. The number of rotatable bonds is 1. The van der Waals surface area contributed by atoms with Gasteiger partial charge >= 0.3 is 0 Å². The minimum atomic E-state index is 0.324. The zero-order valence-electron chi connectivity index (χ0n) is 12.1. The highest BCUT2D eigenvalue weighted by Crippen LogP contribution is 2.58. The summed E-state index contributed by atoms with van der Waals surface area (Å²) >= 11 is 3.60. The number of fused-ring (bicyclic) bond motifs is 3. The Morgan fingerprint density at radius 1 is 1.27 bits per heavy atom. The first-order chi connectivity index (χ1) is 10.7. The highest BCUT2D eigenvalue weighted by atomic mass is 79.9. The van der Waals surface area contributed by atoms with Gasteiger partial charge in [-0.3, -0.25) is 5.10 Å². The van der Waals surface area contributed by atoms with Crippen molar-refractivity contribution >= 4 is 38.5 Å². The number of aromatic amines is 1. The van der Waals surface area contributed by atoms with E-state index in [1.807, 2.05) is 6.92 Å². The largest absolute Gasteiger partial charge is 0.324 e. The average molecular weight is 356 g/mol. The molecule has 3 aromatic rings. The van der Waals surface area contributed by atoms with Gasteiger partial charge in [0, 0.05) is 27.8 Å². The molecule has 1 fully saturated rings. The van der Waals surface area contributed by atoms with Crippen LogP contribution in [0.1, 0.15) is 24.1 Å². The first-order valence-corrected chi connectivity index (χ1v) is 8.20. The van der Waals surface area contributed by atoms with Crippen LogP contribution in [0, 0.1) is 6.92 Å². The highest BCUT2D eigenvalue weighted by molar-refractivity contribution is 9.10. The molecule has 0 saturated heterocycles. The molecule has 22 heavy (non-hydrogen) atoms. The number of H-pyrrole nitrogens is 1. The Bertz CT molecular complexity index is 912. The summed E-state index contributed by atoms with van der Waals surface area (Å²) < 4.78 is 1.10. The minimum absolute atomic E-state index is 0.324. The summed E-state index contributed by atoms with van der Waals surface area (Å²) in [6.45, 7) is 3.02. The van der Waals surface area contributed by atoms with E-state index in [9.17, 15) is 0 Å². The number of halogens is 1. The van der Waals surface area contributed by atoms with E-state index < -0.39 is 0 Å². The van der Waals surface area contributed by atoms with Crippen molar-refractivity contribution in [3.8, 4) is 0 Å². The van der Waals surface area contributed by atoms with Crippen LogP contribution in [-0.2, 0) is 5.41 Å². The second-order valence-corrected chi connectivity index (χ2v) is 7.19. The summed E-state index contributed by atoms with van der Waals surface area (Å²) in [5.41, 5.74) is 4.77. The molecule has 0 atom stereocenters. The maximum absolute atomic E-state index is 4.58. The lowest BCUT2D eigenvalue weighted by atomic mass is 9.99. The molecule has 1 aliphatic heterocycles. The molecule has 5 rings (SSSR count). The number of benzene rings is 1. The first-order valence-electron chi connectivity index (χ1n) is 7.41. The van der Waals surface area contributed by atoms with Crippen LogP contribution < -0.4 is 4.90 Å². The fourth-order valence-corrected chi connectivity index (χ4v) is 3.95. The van der Waals surface area contributed by atoms with Crippen molar-refractivity contribution in [2.45, 2.75) is 25.2 Å². The standard InChI is InChI=1S/C16H14BrN5/c1-9-13-14(21-20-9)18-8-19-15(13)22-7-16(4-5-16)11-3-2-10(17)6-12(11)22/h2-3,6,8H,4-5,7H2,1H3,(H,18,19,20,21). The van der Waals surface area contributed by atoms with E-state index in [0.29, 0.717) is 5.41 Å². The molecule has 5 nitrogen and oxygen atoms in total. The van der Waals surface area contributed by atoms with Gasteiger partial charge in [0.15, 0.2) is 5.65 Å². The van der Waals surface area contributed by atoms with E-state index in [1.165, 1.54) is 24.1 Å². The molecule has 6 heteroatoms. The van der Waals surface area contributed by atoms with Crippen LogP contribution in [0.2, 0.25) is 0 Å². The van der Waals surface area contributed by atoms with Crippen LogP contribution in [0.4, 0.5) is 11.5 Å². The van der Waals surface area contributed by atoms with Crippen molar-refractivity contribution < 1.29 is 0 Å². The van der Waals surface area contributed by atoms with Crippen molar-refractivity contribution in [1.29, 1.82) is 0 Å². The Hall–Kier alpha value is -1.95. The van der Waals surface area contributed by atoms with Crippen molar-refractivity contribution in [3.63, 3.8) is 0 Å². The Morgan fingerprint density at radius 2 is 2.14 bits per heavy atom. The number of nitrogens with zero attached hydrogens (tertiary/aromatic N) is 4. The second-order valence-electron chi connectivity index (χ2n) is 6.27. The second kappa shape index (κ2) is 4.07. The lowest BCUT2D eigenvalue weighted by Gasteiger charge is -2.19. The Balaban J connectivity index is 1.77. The van der Waals surface area contributed by atoms with Gasteiger partial charge in [0.1, 0.15) is 12.1 Å². The lowest BCUT2D eigenvalue weighted by molar-refractivity contribution is 0.741. The SMILES string of the molecule is Cc1[nH]nc2ncnc(N3CC4(CC4)c4ccc(Br)cc43)c12. The van der Waals surface area contributed by atoms with Crippen LogP contribution in [0.3, 0.4) is 0 Å². The fraction of sp³-hybridized carbons (Fsp3) is 0.312. The Kier molecular flexibility index (Phi) is 2.33. The Morgan fingerprint density at radius 3 is 2.95 bits per heavy atom. The van der Waals surface area contributed by atoms with Gasteiger partial charge in [0.05, 0.1) is 5.39 Å². The number of nitrogens with one attached hydrogen (secondary N) is 1. The molecule has 1 aliphatic carbocycles. The lowest BCUT2D eigenvalue weighted by Crippen LogP contribution is -2.20. The average Bonchev–Trinajstić information content (AvgIpc) is 3.10. The summed E-state index contributed by atoms with van der Waals surface area (Å²) in [5, 5.41) is 8.31. The van der Waals surface area contributed by atoms with Crippen LogP contribution in [0.25, 0.3) is 11.0 Å². The molecule has 0 amide bonds. The van der Waals surface area contributed by atoms with Crippen LogP contribution in [0.15, 0.2) is 29.0 Å². The van der Waals surface area contributed by atoms with Gasteiger partial charge in [-0.1, -0.05) is 22.0 Å². The molecule has 1 saturated carbocycles. The van der Waals surface area contributed by atoms with E-state index in [0.717, 1.165) is 33.6 Å². The van der Waals surface area contributed by atoms with Crippen molar-refractivity contribution in [2.24, 2.45) is 0 Å². The smallest absolute Gasteiger partial charge is 0.186 e. The van der Waals surface area contributed by atoms with E-state index >= 15 is 0 Å². The van der Waals surface area contributed by atoms with Crippen molar-refractivity contribution in [2.75, 3.05) is 11.4 Å². The molecule has 0 unspecified atom stereocenters. The summed E-state index contributed by atoms with van der Waals surface area (Å²) in [6.07, 6.45) is 4.13. The molecule has 110 valence electrons. The molecule has 1 spiro atoms. The maximum atomic E-state index is 4.58. The van der Waals surface area contributed by atoms with Crippen LogP contribution in [0.5, 0.6) is 0 Å². The molecule has 0 bridgehead atoms. The first kappa shape index (κ1) is 12.6. The van der Waals surface area contributed by atoms with Gasteiger partial charge < -0.3 is 4.90 Å². The van der Waals surface area contributed by atoms with Gasteiger partial charge in [-0.2, -0.15) is 5.10 Å². The summed E-state index contributed by atoms with van der Waals surface area (Å²) in [6, 6.07) is 6.60. The number of aromatic nitrogens is 4. The topological polar surface area (TPSA) is 57.7 Å². The molecule has 1 N–H and O–H groups in total. The van der Waals surface area contributed by atoms with Gasteiger partial charge in [-0.15, -0.1) is 0 Å². The van der Waals surface area contributed by atoms with E-state index in [-0.39, 0.29) is 0 Å². The highest BCUT2D eigenvalue weighted by Gasteiger charge is 2.52. The zero-order valence-corrected chi connectivity index (χ0v) is 13.7. The minimum Gasteiger partial charge on any atom is -0.324 e. The van der Waals surface area contributed by atoms with Gasteiger partial charge in [0.25, 0.3) is 0 Å². The fourth-order valence-electron chi connectivity index (χ4n) is 3.60. The van der Waals surface area contributed by atoms with Gasteiger partial charge in [-0.05, 0) is 37.5 Å². The molecule has 0 radical (unpaired) electrons. The maximum Gasteiger partial charge on any atom is 0.186 e.